The van der Waals surface area contributed by atoms with E-state index in [-0.39, 0.29) is 24.2 Å². The van der Waals surface area contributed by atoms with Gasteiger partial charge in [0, 0.05) is 12.6 Å². The van der Waals surface area contributed by atoms with Gasteiger partial charge < -0.3 is 4.74 Å². The molecule has 3 heteroatoms. The fourth-order valence-corrected chi connectivity index (χ4v) is 4.64. The van der Waals surface area contributed by atoms with Crippen molar-refractivity contribution in [1.29, 1.82) is 0 Å². The first-order chi connectivity index (χ1) is 12.4. The maximum atomic E-state index is 12.9. The standard InChI is InChI=1S/C23H35NO2/c1-15(2)20-11-8-17(4)14-22(20)26-23(25)21-12-13-24(21)18(5)19-9-6-16(3)7-10-19/h6-7,9-10,15,17-18,20-22H,8,11-14H2,1-5H3. The molecule has 144 valence electrons. The van der Waals surface area contributed by atoms with E-state index in [0.717, 1.165) is 19.4 Å². The molecule has 1 aromatic rings. The molecule has 3 nitrogen and oxygen atoms in total. The SMILES string of the molecule is Cc1ccc(C(C)N2CCC2C(=O)OC2CC(C)CCC2C(C)C)cc1. The summed E-state index contributed by atoms with van der Waals surface area (Å²) in [6.45, 7) is 12.1. The van der Waals surface area contributed by atoms with E-state index in [4.69, 9.17) is 4.74 Å². The van der Waals surface area contributed by atoms with Crippen LogP contribution in [0.1, 0.15) is 70.5 Å². The summed E-state index contributed by atoms with van der Waals surface area (Å²) in [6.07, 6.45) is 4.49. The van der Waals surface area contributed by atoms with Crippen LogP contribution < -0.4 is 0 Å². The molecule has 26 heavy (non-hydrogen) atoms. The Labute approximate surface area is 159 Å². The summed E-state index contributed by atoms with van der Waals surface area (Å²) in [5.74, 6) is 1.74. The molecule has 1 heterocycles. The fraction of sp³-hybridized carbons (Fsp3) is 0.696. The number of esters is 1. The van der Waals surface area contributed by atoms with Crippen molar-refractivity contribution in [3.63, 3.8) is 0 Å². The molecular formula is C23H35NO2. The van der Waals surface area contributed by atoms with E-state index in [1.54, 1.807) is 0 Å². The quantitative estimate of drug-likeness (QED) is 0.684. The molecule has 0 radical (unpaired) electrons. The Bertz CT molecular complexity index is 609. The molecule has 1 aliphatic heterocycles. The maximum Gasteiger partial charge on any atom is 0.323 e. The second kappa shape index (κ2) is 8.12. The van der Waals surface area contributed by atoms with Crippen molar-refractivity contribution in [2.24, 2.45) is 17.8 Å². The number of carbonyl (C=O) groups is 1. The number of rotatable bonds is 5. The van der Waals surface area contributed by atoms with Crippen LogP contribution in [-0.4, -0.2) is 29.6 Å². The lowest BCUT2D eigenvalue weighted by molar-refractivity contribution is -0.169. The largest absolute Gasteiger partial charge is 0.461 e. The van der Waals surface area contributed by atoms with Gasteiger partial charge in [-0.1, -0.05) is 57.0 Å². The summed E-state index contributed by atoms with van der Waals surface area (Å²) >= 11 is 0. The lowest BCUT2D eigenvalue weighted by Gasteiger charge is -2.45. The summed E-state index contributed by atoms with van der Waals surface area (Å²) in [7, 11) is 0. The van der Waals surface area contributed by atoms with Gasteiger partial charge in [0.2, 0.25) is 0 Å². The molecule has 2 aliphatic rings. The molecule has 3 rings (SSSR count). The van der Waals surface area contributed by atoms with Gasteiger partial charge in [-0.25, -0.2) is 0 Å². The number of likely N-dealkylation sites (tertiary alicyclic amines) is 1. The van der Waals surface area contributed by atoms with Gasteiger partial charge in [0.25, 0.3) is 0 Å². The van der Waals surface area contributed by atoms with Crippen LogP contribution in [0.15, 0.2) is 24.3 Å². The van der Waals surface area contributed by atoms with Gasteiger partial charge in [-0.05, 0) is 56.4 Å². The van der Waals surface area contributed by atoms with Crippen molar-refractivity contribution in [3.05, 3.63) is 35.4 Å². The summed E-state index contributed by atoms with van der Waals surface area (Å²) in [6, 6.07) is 8.84. The summed E-state index contributed by atoms with van der Waals surface area (Å²) in [4.78, 5) is 15.2. The number of carbonyl (C=O) groups excluding carboxylic acids is 1. The van der Waals surface area contributed by atoms with Crippen molar-refractivity contribution in [1.82, 2.24) is 4.90 Å². The third kappa shape index (κ3) is 4.14. The Hall–Kier alpha value is -1.35. The molecule has 2 fully saturated rings. The van der Waals surface area contributed by atoms with Crippen LogP contribution in [0.2, 0.25) is 0 Å². The minimum Gasteiger partial charge on any atom is -0.461 e. The fourth-order valence-electron chi connectivity index (χ4n) is 4.64. The zero-order valence-corrected chi connectivity index (χ0v) is 17.1. The third-order valence-electron chi connectivity index (χ3n) is 6.62. The molecule has 0 bridgehead atoms. The van der Waals surface area contributed by atoms with Gasteiger partial charge >= 0.3 is 5.97 Å². The van der Waals surface area contributed by atoms with E-state index in [0.29, 0.717) is 17.8 Å². The van der Waals surface area contributed by atoms with Crippen molar-refractivity contribution < 1.29 is 9.53 Å². The Morgan fingerprint density at radius 3 is 2.38 bits per heavy atom. The number of aryl methyl sites for hydroxylation is 1. The lowest BCUT2D eigenvalue weighted by Crippen LogP contribution is -2.54. The topological polar surface area (TPSA) is 29.5 Å². The highest BCUT2D eigenvalue weighted by atomic mass is 16.5. The maximum absolute atomic E-state index is 12.9. The molecule has 1 aromatic carbocycles. The minimum atomic E-state index is -0.0728. The zero-order chi connectivity index (χ0) is 18.8. The molecule has 0 aromatic heterocycles. The van der Waals surface area contributed by atoms with Crippen LogP contribution >= 0.6 is 0 Å². The van der Waals surface area contributed by atoms with Gasteiger partial charge in [0.15, 0.2) is 0 Å². The molecule has 1 aliphatic carbocycles. The van der Waals surface area contributed by atoms with Crippen LogP contribution in [0.25, 0.3) is 0 Å². The summed E-state index contributed by atoms with van der Waals surface area (Å²) in [5, 5.41) is 0. The number of benzene rings is 1. The smallest absolute Gasteiger partial charge is 0.323 e. The van der Waals surface area contributed by atoms with Crippen LogP contribution in [0.4, 0.5) is 0 Å². The lowest BCUT2D eigenvalue weighted by atomic mass is 9.75. The third-order valence-corrected chi connectivity index (χ3v) is 6.62. The highest BCUT2D eigenvalue weighted by molar-refractivity contribution is 5.77. The predicted octanol–water partition coefficient (Wildman–Crippen LogP) is 5.13. The Kier molecular flexibility index (Phi) is 6.06. The highest BCUT2D eigenvalue weighted by Crippen LogP contribution is 2.37. The summed E-state index contributed by atoms with van der Waals surface area (Å²) in [5.41, 5.74) is 2.55. The normalized spacial score (nSPS) is 30.7. The average molecular weight is 358 g/mol. The van der Waals surface area contributed by atoms with Crippen molar-refractivity contribution in [2.75, 3.05) is 6.54 Å². The first-order valence-corrected chi connectivity index (χ1v) is 10.4. The molecule has 0 amide bonds. The molecule has 5 unspecified atom stereocenters. The molecule has 1 saturated heterocycles. The summed E-state index contributed by atoms with van der Waals surface area (Å²) < 4.78 is 6.09. The van der Waals surface area contributed by atoms with E-state index in [9.17, 15) is 4.79 Å². The molecule has 5 atom stereocenters. The monoisotopic (exact) mass is 357 g/mol. The molecule has 0 N–H and O–H groups in total. The van der Waals surface area contributed by atoms with E-state index >= 15 is 0 Å². The van der Waals surface area contributed by atoms with Gasteiger partial charge in [-0.2, -0.15) is 0 Å². The van der Waals surface area contributed by atoms with Gasteiger partial charge in [0.1, 0.15) is 12.1 Å². The number of hydrogen-bond acceptors (Lipinski definition) is 3. The van der Waals surface area contributed by atoms with Gasteiger partial charge in [-0.3, -0.25) is 9.69 Å². The van der Waals surface area contributed by atoms with Crippen molar-refractivity contribution >= 4 is 5.97 Å². The minimum absolute atomic E-state index is 0.0000355. The number of hydrogen-bond donors (Lipinski definition) is 0. The molecule has 1 saturated carbocycles. The van der Waals surface area contributed by atoms with Gasteiger partial charge in [0.05, 0.1) is 0 Å². The molecule has 0 spiro atoms. The van der Waals surface area contributed by atoms with Crippen LogP contribution in [0.3, 0.4) is 0 Å². The second-order valence-corrected chi connectivity index (χ2v) is 8.93. The van der Waals surface area contributed by atoms with E-state index in [1.807, 2.05) is 0 Å². The van der Waals surface area contributed by atoms with Crippen molar-refractivity contribution in [3.8, 4) is 0 Å². The Balaban J connectivity index is 1.63. The van der Waals surface area contributed by atoms with E-state index in [2.05, 4.69) is 63.8 Å². The average Bonchev–Trinajstić information content (AvgIpc) is 2.54. The van der Waals surface area contributed by atoms with Crippen LogP contribution in [0.5, 0.6) is 0 Å². The highest BCUT2D eigenvalue weighted by Gasteiger charge is 2.41. The van der Waals surface area contributed by atoms with Gasteiger partial charge in [-0.15, -0.1) is 0 Å². The molecular weight excluding hydrogens is 322 g/mol. The predicted molar refractivity (Wildman–Crippen MR) is 106 cm³/mol. The number of ether oxygens (including phenoxy) is 1. The second-order valence-electron chi connectivity index (χ2n) is 8.93. The van der Waals surface area contributed by atoms with Crippen molar-refractivity contribution in [2.45, 2.75) is 78.5 Å². The van der Waals surface area contributed by atoms with Crippen LogP contribution in [0, 0.1) is 24.7 Å². The Morgan fingerprint density at radius 1 is 1.12 bits per heavy atom. The van der Waals surface area contributed by atoms with Crippen LogP contribution in [-0.2, 0) is 9.53 Å². The van der Waals surface area contributed by atoms with E-state index < -0.39 is 0 Å². The first-order valence-electron chi connectivity index (χ1n) is 10.4. The Morgan fingerprint density at radius 2 is 1.81 bits per heavy atom. The zero-order valence-electron chi connectivity index (χ0n) is 17.1. The first kappa shape index (κ1) is 19.4. The number of nitrogens with zero attached hydrogens (tertiary/aromatic N) is 1. The van der Waals surface area contributed by atoms with E-state index in [1.165, 1.54) is 24.0 Å².